The van der Waals surface area contributed by atoms with Crippen molar-refractivity contribution < 1.29 is 9.90 Å². The van der Waals surface area contributed by atoms with Crippen LogP contribution in [0.5, 0.6) is 0 Å². The number of aromatic carboxylic acids is 1. The number of carboxylic acids is 1. The van der Waals surface area contributed by atoms with Gasteiger partial charge < -0.3 is 10.8 Å². The highest BCUT2D eigenvalue weighted by Crippen LogP contribution is 2.24. The monoisotopic (exact) mass is 255 g/mol. The lowest BCUT2D eigenvalue weighted by Gasteiger charge is -2.06. The Morgan fingerprint density at radius 3 is 2.74 bits per heavy atom. The summed E-state index contributed by atoms with van der Waals surface area (Å²) in [5.41, 5.74) is 7.32. The molecule has 3 rings (SSSR count). The van der Waals surface area contributed by atoms with Crippen LogP contribution in [-0.2, 0) is 0 Å². The number of hydrogen-bond donors (Lipinski definition) is 2. The number of carboxylic acid groups (broad SMARTS) is 1. The molecule has 0 aromatic carbocycles. The van der Waals surface area contributed by atoms with E-state index in [0.717, 1.165) is 5.56 Å². The molecular weight excluding hydrogens is 246 g/mol. The number of hydrogen-bond acceptors (Lipinski definition) is 5. The second kappa shape index (κ2) is 4.05. The first-order valence-corrected chi connectivity index (χ1v) is 5.45. The maximum absolute atomic E-state index is 11.3. The fourth-order valence-electron chi connectivity index (χ4n) is 1.88. The fraction of sp³-hybridized carbons (Fsp3) is 0. The predicted molar refractivity (Wildman–Crippen MR) is 67.6 cm³/mol. The molecule has 7 nitrogen and oxygen atoms in total. The molecule has 0 atom stereocenters. The Bertz CT molecular complexity index is 766. The molecule has 0 amide bonds. The van der Waals surface area contributed by atoms with Crippen molar-refractivity contribution in [3.8, 4) is 11.1 Å². The van der Waals surface area contributed by atoms with Gasteiger partial charge in [0.15, 0.2) is 5.65 Å². The summed E-state index contributed by atoms with van der Waals surface area (Å²) in [4.78, 5) is 19.2. The van der Waals surface area contributed by atoms with Crippen LogP contribution < -0.4 is 5.73 Å². The Kier molecular flexibility index (Phi) is 2.38. The number of aromatic nitrogens is 4. The van der Waals surface area contributed by atoms with Crippen LogP contribution in [0.25, 0.3) is 16.8 Å². The lowest BCUT2D eigenvalue weighted by atomic mass is 10.0. The van der Waals surface area contributed by atoms with Gasteiger partial charge in [-0.2, -0.15) is 4.98 Å². The minimum Gasteiger partial charge on any atom is -0.478 e. The van der Waals surface area contributed by atoms with Crippen LogP contribution in [0.2, 0.25) is 0 Å². The molecule has 3 heterocycles. The van der Waals surface area contributed by atoms with Crippen molar-refractivity contribution in [2.75, 3.05) is 5.73 Å². The molecule has 0 saturated carbocycles. The molecule has 0 aliphatic rings. The standard InChI is InChI=1S/C12H9N5O2/c13-12-15-10-5-8(11(18)19)9(6-17(10)16-12)7-1-3-14-4-2-7/h1-6H,(H2,13,16)(H,18,19). The van der Waals surface area contributed by atoms with Gasteiger partial charge in [0.05, 0.1) is 5.56 Å². The van der Waals surface area contributed by atoms with Gasteiger partial charge in [-0.25, -0.2) is 9.31 Å². The third kappa shape index (κ3) is 1.86. The second-order valence-corrected chi connectivity index (χ2v) is 3.91. The van der Waals surface area contributed by atoms with E-state index >= 15 is 0 Å². The minimum absolute atomic E-state index is 0.100. The van der Waals surface area contributed by atoms with Gasteiger partial charge in [0.1, 0.15) is 0 Å². The number of nitrogen functional groups attached to an aromatic ring is 1. The van der Waals surface area contributed by atoms with Crippen molar-refractivity contribution >= 4 is 17.6 Å². The first-order valence-electron chi connectivity index (χ1n) is 5.45. The van der Waals surface area contributed by atoms with E-state index in [1.54, 1.807) is 30.7 Å². The number of nitrogens with zero attached hydrogens (tertiary/aromatic N) is 4. The largest absolute Gasteiger partial charge is 0.478 e. The predicted octanol–water partition coefficient (Wildman–Crippen LogP) is 1.07. The van der Waals surface area contributed by atoms with Crippen molar-refractivity contribution in [3.63, 3.8) is 0 Å². The topological polar surface area (TPSA) is 106 Å². The summed E-state index contributed by atoms with van der Waals surface area (Å²) >= 11 is 0. The van der Waals surface area contributed by atoms with E-state index < -0.39 is 5.97 Å². The van der Waals surface area contributed by atoms with Crippen LogP contribution in [0.15, 0.2) is 36.8 Å². The molecule has 94 valence electrons. The van der Waals surface area contributed by atoms with Crippen molar-refractivity contribution in [2.45, 2.75) is 0 Å². The highest BCUT2D eigenvalue weighted by atomic mass is 16.4. The van der Waals surface area contributed by atoms with Gasteiger partial charge in [-0.1, -0.05) is 0 Å². The van der Waals surface area contributed by atoms with Crippen LogP contribution in [0.1, 0.15) is 10.4 Å². The zero-order chi connectivity index (χ0) is 13.4. The van der Waals surface area contributed by atoms with E-state index in [9.17, 15) is 9.90 Å². The van der Waals surface area contributed by atoms with E-state index in [1.807, 2.05) is 0 Å². The second-order valence-electron chi connectivity index (χ2n) is 3.91. The van der Waals surface area contributed by atoms with Crippen molar-refractivity contribution in [1.29, 1.82) is 0 Å². The van der Waals surface area contributed by atoms with Crippen LogP contribution in [0.4, 0.5) is 5.95 Å². The van der Waals surface area contributed by atoms with Gasteiger partial charge in [-0.3, -0.25) is 4.98 Å². The van der Waals surface area contributed by atoms with Gasteiger partial charge in [0, 0.05) is 24.2 Å². The van der Waals surface area contributed by atoms with Gasteiger partial charge in [0.25, 0.3) is 0 Å². The van der Waals surface area contributed by atoms with Crippen LogP contribution in [-0.4, -0.2) is 30.7 Å². The number of rotatable bonds is 2. The minimum atomic E-state index is -1.03. The molecule has 0 radical (unpaired) electrons. The van der Waals surface area contributed by atoms with E-state index in [0.29, 0.717) is 11.2 Å². The number of carbonyl (C=O) groups is 1. The first-order chi connectivity index (χ1) is 9.15. The summed E-state index contributed by atoms with van der Waals surface area (Å²) < 4.78 is 1.46. The molecule has 3 aromatic heterocycles. The summed E-state index contributed by atoms with van der Waals surface area (Å²) in [6.07, 6.45) is 4.79. The molecule has 3 N–H and O–H groups in total. The Morgan fingerprint density at radius 2 is 2.05 bits per heavy atom. The lowest BCUT2D eigenvalue weighted by Crippen LogP contribution is -2.02. The smallest absolute Gasteiger partial charge is 0.336 e. The maximum Gasteiger partial charge on any atom is 0.336 e. The van der Waals surface area contributed by atoms with Gasteiger partial charge in [0.2, 0.25) is 5.95 Å². The Labute approximate surface area is 107 Å². The lowest BCUT2D eigenvalue weighted by molar-refractivity contribution is 0.0697. The van der Waals surface area contributed by atoms with Crippen LogP contribution in [0.3, 0.4) is 0 Å². The molecule has 0 saturated heterocycles. The first kappa shape index (κ1) is 11.1. The molecular formula is C12H9N5O2. The normalized spacial score (nSPS) is 10.7. The van der Waals surface area contributed by atoms with Gasteiger partial charge >= 0.3 is 5.97 Å². The molecule has 0 unspecified atom stereocenters. The molecule has 0 aliphatic carbocycles. The van der Waals surface area contributed by atoms with Crippen LogP contribution >= 0.6 is 0 Å². The molecule has 0 fully saturated rings. The van der Waals surface area contributed by atoms with E-state index in [-0.39, 0.29) is 11.5 Å². The molecule has 0 bridgehead atoms. The third-order valence-corrected chi connectivity index (χ3v) is 2.71. The summed E-state index contributed by atoms with van der Waals surface area (Å²) in [6.45, 7) is 0. The Hall–Kier alpha value is -2.96. The van der Waals surface area contributed by atoms with E-state index in [4.69, 9.17) is 5.73 Å². The summed E-state index contributed by atoms with van der Waals surface area (Å²) in [6, 6.07) is 4.91. The van der Waals surface area contributed by atoms with E-state index in [2.05, 4.69) is 15.1 Å². The number of nitrogens with two attached hydrogens (primary N) is 1. The van der Waals surface area contributed by atoms with Gasteiger partial charge in [-0.05, 0) is 23.8 Å². The molecule has 3 aromatic rings. The van der Waals surface area contributed by atoms with Gasteiger partial charge in [-0.15, -0.1) is 5.10 Å². The molecule has 0 spiro atoms. The summed E-state index contributed by atoms with van der Waals surface area (Å²) in [5.74, 6) is -0.931. The number of anilines is 1. The number of fused-ring (bicyclic) bond motifs is 1. The number of pyridine rings is 2. The quantitative estimate of drug-likeness (QED) is 0.709. The highest BCUT2D eigenvalue weighted by molar-refractivity contribution is 5.96. The fourth-order valence-corrected chi connectivity index (χ4v) is 1.88. The average Bonchev–Trinajstić information content (AvgIpc) is 2.77. The summed E-state index contributed by atoms with van der Waals surface area (Å²) in [7, 11) is 0. The molecule has 7 heteroatoms. The maximum atomic E-state index is 11.3. The van der Waals surface area contributed by atoms with E-state index in [1.165, 1.54) is 10.6 Å². The van der Waals surface area contributed by atoms with Crippen LogP contribution in [0, 0.1) is 0 Å². The van der Waals surface area contributed by atoms with Crippen molar-refractivity contribution in [3.05, 3.63) is 42.4 Å². The Morgan fingerprint density at radius 1 is 1.32 bits per heavy atom. The van der Waals surface area contributed by atoms with Crippen molar-refractivity contribution in [2.24, 2.45) is 0 Å². The average molecular weight is 255 g/mol. The zero-order valence-corrected chi connectivity index (χ0v) is 9.69. The Balaban J connectivity index is 2.32. The molecule has 0 aliphatic heterocycles. The highest BCUT2D eigenvalue weighted by Gasteiger charge is 2.15. The van der Waals surface area contributed by atoms with Crippen molar-refractivity contribution in [1.82, 2.24) is 19.6 Å². The SMILES string of the molecule is Nc1nc2cc(C(=O)O)c(-c3ccncc3)cn2n1. The molecule has 19 heavy (non-hydrogen) atoms. The summed E-state index contributed by atoms with van der Waals surface area (Å²) in [5, 5.41) is 13.3. The zero-order valence-electron chi connectivity index (χ0n) is 9.69. The third-order valence-electron chi connectivity index (χ3n) is 2.71.